The molecule has 1 aromatic carbocycles. The van der Waals surface area contributed by atoms with Crippen molar-refractivity contribution < 1.29 is 9.18 Å². The van der Waals surface area contributed by atoms with Crippen LogP contribution in [0.15, 0.2) is 18.2 Å². The minimum atomic E-state index is -0.461. The molecule has 0 spiro atoms. The summed E-state index contributed by atoms with van der Waals surface area (Å²) in [6.45, 7) is 5.11. The number of piperidine rings is 1. The topological polar surface area (TPSA) is 58.4 Å². The molecule has 1 heterocycles. The van der Waals surface area contributed by atoms with Gasteiger partial charge in [-0.05, 0) is 44.9 Å². The molecule has 0 aromatic heterocycles. The van der Waals surface area contributed by atoms with Gasteiger partial charge in [0.2, 0.25) is 5.91 Å². The molecule has 1 saturated heterocycles. The summed E-state index contributed by atoms with van der Waals surface area (Å²) in [6.07, 6.45) is 3.97. The maximum Gasteiger partial charge on any atom is 0.225 e. The molecule has 2 atom stereocenters. The van der Waals surface area contributed by atoms with Gasteiger partial charge in [0.05, 0.1) is 5.69 Å². The average molecular weight is 293 g/mol. The normalized spacial score (nSPS) is 23.0. The number of likely N-dealkylation sites (tertiary alicyclic amines) is 1. The van der Waals surface area contributed by atoms with Crippen molar-refractivity contribution in [3.05, 3.63) is 24.0 Å². The fraction of sp³-hybridized carbons (Fsp3) is 0.562. The van der Waals surface area contributed by atoms with Crippen molar-refractivity contribution in [2.75, 3.05) is 17.6 Å². The second kappa shape index (κ2) is 6.89. The molecule has 2 rings (SSSR count). The second-order valence-electron chi connectivity index (χ2n) is 5.90. The molecule has 0 radical (unpaired) electrons. The zero-order valence-corrected chi connectivity index (χ0v) is 12.7. The van der Waals surface area contributed by atoms with E-state index < -0.39 is 5.82 Å². The van der Waals surface area contributed by atoms with Gasteiger partial charge >= 0.3 is 0 Å². The smallest absolute Gasteiger partial charge is 0.225 e. The Morgan fingerprint density at radius 3 is 2.71 bits per heavy atom. The molecule has 1 aliphatic rings. The Morgan fingerprint density at radius 2 is 2.05 bits per heavy atom. The van der Waals surface area contributed by atoms with Gasteiger partial charge in [0.25, 0.3) is 0 Å². The van der Waals surface area contributed by atoms with Crippen molar-refractivity contribution in [1.29, 1.82) is 0 Å². The van der Waals surface area contributed by atoms with Gasteiger partial charge in [0.1, 0.15) is 5.82 Å². The first-order chi connectivity index (χ1) is 9.97. The van der Waals surface area contributed by atoms with E-state index in [0.29, 0.717) is 30.7 Å². The predicted molar refractivity (Wildman–Crippen MR) is 83.5 cm³/mol. The molecule has 2 unspecified atom stereocenters. The number of anilines is 2. The molecule has 3 N–H and O–H groups in total. The first-order valence-electron chi connectivity index (χ1n) is 7.58. The SMILES string of the molecule is CC1CCCC(C)N1CCC(=O)Nc1cc(N)ccc1F. The fourth-order valence-corrected chi connectivity index (χ4v) is 3.00. The highest BCUT2D eigenvalue weighted by Gasteiger charge is 2.24. The Kier molecular flexibility index (Phi) is 5.17. The van der Waals surface area contributed by atoms with E-state index in [0.717, 1.165) is 0 Å². The van der Waals surface area contributed by atoms with Crippen molar-refractivity contribution in [1.82, 2.24) is 4.90 Å². The Hall–Kier alpha value is -1.62. The maximum atomic E-state index is 13.6. The predicted octanol–water partition coefficient (Wildman–Crippen LogP) is 3.00. The number of hydrogen-bond donors (Lipinski definition) is 2. The second-order valence-corrected chi connectivity index (χ2v) is 5.90. The zero-order chi connectivity index (χ0) is 15.4. The van der Waals surface area contributed by atoms with Crippen molar-refractivity contribution in [3.63, 3.8) is 0 Å². The lowest BCUT2D eigenvalue weighted by molar-refractivity contribution is -0.116. The number of nitrogen functional groups attached to an aromatic ring is 1. The van der Waals surface area contributed by atoms with Gasteiger partial charge in [-0.15, -0.1) is 0 Å². The maximum absolute atomic E-state index is 13.6. The minimum absolute atomic E-state index is 0.153. The Bertz CT molecular complexity index is 496. The number of hydrogen-bond acceptors (Lipinski definition) is 3. The van der Waals surface area contributed by atoms with E-state index in [9.17, 15) is 9.18 Å². The molecule has 1 fully saturated rings. The van der Waals surface area contributed by atoms with Gasteiger partial charge < -0.3 is 11.1 Å². The lowest BCUT2D eigenvalue weighted by atomic mass is 9.97. The van der Waals surface area contributed by atoms with Crippen molar-refractivity contribution in [3.8, 4) is 0 Å². The van der Waals surface area contributed by atoms with E-state index in [4.69, 9.17) is 5.73 Å². The highest BCUT2D eigenvalue weighted by molar-refractivity contribution is 5.91. The van der Waals surface area contributed by atoms with E-state index in [-0.39, 0.29) is 11.6 Å². The lowest BCUT2D eigenvalue weighted by Crippen LogP contribution is -2.44. The van der Waals surface area contributed by atoms with Crippen LogP contribution in [0.2, 0.25) is 0 Å². The van der Waals surface area contributed by atoms with Crippen LogP contribution in [0.1, 0.15) is 39.5 Å². The van der Waals surface area contributed by atoms with E-state index >= 15 is 0 Å². The van der Waals surface area contributed by atoms with E-state index in [1.54, 1.807) is 0 Å². The molecular formula is C16H24FN3O. The molecule has 0 saturated carbocycles. The number of carbonyl (C=O) groups is 1. The Labute approximate surface area is 125 Å². The van der Waals surface area contributed by atoms with Crippen LogP contribution in [-0.4, -0.2) is 29.4 Å². The summed E-state index contributed by atoms with van der Waals surface area (Å²) in [7, 11) is 0. The van der Waals surface area contributed by atoms with Crippen LogP contribution in [0.3, 0.4) is 0 Å². The van der Waals surface area contributed by atoms with Crippen molar-refractivity contribution in [2.24, 2.45) is 0 Å². The number of nitrogens with zero attached hydrogens (tertiary/aromatic N) is 1. The highest BCUT2D eigenvalue weighted by Crippen LogP contribution is 2.23. The number of halogens is 1. The molecule has 0 bridgehead atoms. The number of nitrogens with two attached hydrogens (primary N) is 1. The van der Waals surface area contributed by atoms with Gasteiger partial charge in [-0.25, -0.2) is 4.39 Å². The molecule has 5 heteroatoms. The minimum Gasteiger partial charge on any atom is -0.399 e. The molecule has 4 nitrogen and oxygen atoms in total. The third-order valence-corrected chi connectivity index (χ3v) is 4.24. The quantitative estimate of drug-likeness (QED) is 0.839. The largest absolute Gasteiger partial charge is 0.399 e. The molecule has 21 heavy (non-hydrogen) atoms. The standard InChI is InChI=1S/C16H24FN3O/c1-11-4-3-5-12(2)20(11)9-8-16(21)19-15-10-13(18)6-7-14(15)17/h6-7,10-12H,3-5,8-9,18H2,1-2H3,(H,19,21). The summed E-state index contributed by atoms with van der Waals surface area (Å²) in [5.74, 6) is -0.637. The molecule has 1 amide bonds. The molecule has 116 valence electrons. The highest BCUT2D eigenvalue weighted by atomic mass is 19.1. The number of benzene rings is 1. The van der Waals surface area contributed by atoms with Crippen LogP contribution in [0.5, 0.6) is 0 Å². The first kappa shape index (κ1) is 15.8. The zero-order valence-electron chi connectivity index (χ0n) is 12.7. The molecule has 1 aromatic rings. The first-order valence-corrected chi connectivity index (χ1v) is 7.58. The fourth-order valence-electron chi connectivity index (χ4n) is 3.00. The number of carbonyl (C=O) groups excluding carboxylic acids is 1. The lowest BCUT2D eigenvalue weighted by Gasteiger charge is -2.38. The van der Waals surface area contributed by atoms with Crippen LogP contribution < -0.4 is 11.1 Å². The summed E-state index contributed by atoms with van der Waals surface area (Å²) < 4.78 is 13.6. The molecular weight excluding hydrogens is 269 g/mol. The van der Waals surface area contributed by atoms with Gasteiger partial charge in [0.15, 0.2) is 0 Å². The van der Waals surface area contributed by atoms with Gasteiger partial charge in [-0.1, -0.05) is 6.42 Å². The van der Waals surface area contributed by atoms with Crippen molar-refractivity contribution >= 4 is 17.3 Å². The summed E-state index contributed by atoms with van der Waals surface area (Å²) >= 11 is 0. The summed E-state index contributed by atoms with van der Waals surface area (Å²) in [5.41, 5.74) is 6.19. The van der Waals surface area contributed by atoms with Crippen LogP contribution in [-0.2, 0) is 4.79 Å². The molecule has 0 aliphatic carbocycles. The van der Waals surface area contributed by atoms with Crippen LogP contribution >= 0.6 is 0 Å². The summed E-state index contributed by atoms with van der Waals surface area (Å²) in [5, 5.41) is 2.60. The van der Waals surface area contributed by atoms with E-state index in [2.05, 4.69) is 24.1 Å². The third kappa shape index (κ3) is 4.17. The van der Waals surface area contributed by atoms with Crippen LogP contribution in [0, 0.1) is 5.82 Å². The van der Waals surface area contributed by atoms with Crippen molar-refractivity contribution in [2.45, 2.75) is 51.6 Å². The molecule has 1 aliphatic heterocycles. The monoisotopic (exact) mass is 293 g/mol. The van der Waals surface area contributed by atoms with Gasteiger partial charge in [-0.2, -0.15) is 0 Å². The van der Waals surface area contributed by atoms with Gasteiger partial charge in [0, 0.05) is 30.7 Å². The number of amides is 1. The number of rotatable bonds is 4. The van der Waals surface area contributed by atoms with Crippen LogP contribution in [0.4, 0.5) is 15.8 Å². The third-order valence-electron chi connectivity index (χ3n) is 4.24. The van der Waals surface area contributed by atoms with Gasteiger partial charge in [-0.3, -0.25) is 9.69 Å². The van der Waals surface area contributed by atoms with Crippen LogP contribution in [0.25, 0.3) is 0 Å². The van der Waals surface area contributed by atoms with E-state index in [1.807, 2.05) is 0 Å². The average Bonchev–Trinajstić information content (AvgIpc) is 2.42. The number of nitrogens with one attached hydrogen (secondary N) is 1. The summed E-state index contributed by atoms with van der Waals surface area (Å²) in [6, 6.07) is 5.19. The van der Waals surface area contributed by atoms with E-state index in [1.165, 1.54) is 37.5 Å². The Balaban J connectivity index is 1.88. The summed E-state index contributed by atoms with van der Waals surface area (Å²) in [4.78, 5) is 14.3. The Morgan fingerprint density at radius 1 is 1.38 bits per heavy atom.